The normalized spacial score (nSPS) is 47.1. The molecule has 2 nitrogen and oxygen atoms in total. The molecular formula is C18H26N2. The summed E-state index contributed by atoms with van der Waals surface area (Å²) in [6.45, 7) is 8.43. The molecule has 0 N–H and O–H groups in total. The molecule has 108 valence electrons. The van der Waals surface area contributed by atoms with Crippen LogP contribution in [0.5, 0.6) is 0 Å². The van der Waals surface area contributed by atoms with Crippen LogP contribution < -0.4 is 0 Å². The quantitative estimate of drug-likeness (QED) is 0.658. The van der Waals surface area contributed by atoms with Crippen molar-refractivity contribution >= 4 is 5.71 Å². The van der Waals surface area contributed by atoms with Gasteiger partial charge in [-0.2, -0.15) is 0 Å². The van der Waals surface area contributed by atoms with E-state index in [0.717, 1.165) is 24.8 Å². The Morgan fingerprint density at radius 1 is 1.35 bits per heavy atom. The second-order valence-corrected chi connectivity index (χ2v) is 7.69. The maximum absolute atomic E-state index is 5.21. The number of hydrogen-bond acceptors (Lipinski definition) is 2. The van der Waals surface area contributed by atoms with E-state index in [1.807, 2.05) is 0 Å². The zero-order valence-corrected chi connectivity index (χ0v) is 13.2. The third-order valence-electron chi connectivity index (χ3n) is 6.84. The molecule has 0 radical (unpaired) electrons. The van der Waals surface area contributed by atoms with Gasteiger partial charge in [-0.05, 0) is 44.2 Å². The maximum Gasteiger partial charge on any atom is 0.0574 e. The van der Waals surface area contributed by atoms with E-state index >= 15 is 0 Å². The molecule has 2 aliphatic carbocycles. The first-order chi connectivity index (χ1) is 9.50. The number of rotatable bonds is 0. The number of likely N-dealkylation sites (N-methyl/N-ethyl adjacent to an activating group) is 1. The third-order valence-corrected chi connectivity index (χ3v) is 6.84. The van der Waals surface area contributed by atoms with Crippen LogP contribution in [0.4, 0.5) is 0 Å². The van der Waals surface area contributed by atoms with Crippen molar-refractivity contribution in [1.29, 1.82) is 0 Å². The van der Waals surface area contributed by atoms with Crippen molar-refractivity contribution < 1.29 is 0 Å². The minimum atomic E-state index is 0.249. The Balaban J connectivity index is 1.93. The third kappa shape index (κ3) is 1.52. The van der Waals surface area contributed by atoms with E-state index in [9.17, 15) is 0 Å². The van der Waals surface area contributed by atoms with Gasteiger partial charge in [-0.25, -0.2) is 0 Å². The summed E-state index contributed by atoms with van der Waals surface area (Å²) >= 11 is 0. The number of fused-ring (bicyclic) bond motifs is 2. The van der Waals surface area contributed by atoms with Crippen LogP contribution in [0.1, 0.15) is 40.0 Å². The minimum absolute atomic E-state index is 0.249. The van der Waals surface area contributed by atoms with E-state index in [2.05, 4.69) is 44.9 Å². The summed E-state index contributed by atoms with van der Waals surface area (Å²) in [6, 6.07) is 0.529. The van der Waals surface area contributed by atoms with Gasteiger partial charge in [-0.15, -0.1) is 0 Å². The molecule has 0 aromatic rings. The lowest BCUT2D eigenvalue weighted by atomic mass is 9.64. The molecule has 0 amide bonds. The van der Waals surface area contributed by atoms with Gasteiger partial charge in [0.2, 0.25) is 0 Å². The fraction of sp³-hybridized carbons (Fsp3) is 0.722. The van der Waals surface area contributed by atoms with Gasteiger partial charge >= 0.3 is 0 Å². The first-order valence-electron chi connectivity index (χ1n) is 8.16. The van der Waals surface area contributed by atoms with Gasteiger partial charge in [0.15, 0.2) is 0 Å². The fourth-order valence-corrected chi connectivity index (χ4v) is 5.08. The summed E-state index contributed by atoms with van der Waals surface area (Å²) < 4.78 is 0. The van der Waals surface area contributed by atoms with Crippen molar-refractivity contribution in [3.8, 4) is 0 Å². The van der Waals surface area contributed by atoms with Crippen molar-refractivity contribution in [2.75, 3.05) is 13.6 Å². The number of aliphatic imine (C=N–C) groups is 1. The molecule has 0 spiro atoms. The molecule has 0 saturated heterocycles. The summed E-state index contributed by atoms with van der Waals surface area (Å²) in [4.78, 5) is 7.78. The zero-order valence-electron chi connectivity index (χ0n) is 13.2. The summed E-state index contributed by atoms with van der Waals surface area (Å²) in [5.74, 6) is 2.10. The van der Waals surface area contributed by atoms with Crippen LogP contribution in [-0.2, 0) is 0 Å². The molecule has 0 aromatic heterocycles. The second kappa shape index (κ2) is 4.07. The first-order valence-corrected chi connectivity index (χ1v) is 8.16. The van der Waals surface area contributed by atoms with Crippen molar-refractivity contribution in [2.45, 2.75) is 51.6 Å². The van der Waals surface area contributed by atoms with Crippen molar-refractivity contribution in [3.63, 3.8) is 0 Å². The fourth-order valence-electron chi connectivity index (χ4n) is 5.08. The van der Waals surface area contributed by atoms with E-state index in [1.54, 1.807) is 11.1 Å². The summed E-state index contributed by atoms with van der Waals surface area (Å²) in [5, 5.41) is 0. The molecule has 4 rings (SSSR count). The Kier molecular flexibility index (Phi) is 2.61. The van der Waals surface area contributed by atoms with Crippen LogP contribution in [0.3, 0.4) is 0 Å². The van der Waals surface area contributed by atoms with Gasteiger partial charge in [0.25, 0.3) is 0 Å². The average Bonchev–Trinajstić information content (AvgIpc) is 2.75. The average molecular weight is 270 g/mol. The molecule has 4 bridgehead atoms. The molecule has 1 fully saturated rings. The van der Waals surface area contributed by atoms with Crippen LogP contribution in [0.2, 0.25) is 0 Å². The molecule has 5 atom stereocenters. The Labute approximate surface area is 122 Å². The Hall–Kier alpha value is -0.890. The highest BCUT2D eigenvalue weighted by molar-refractivity contribution is 5.93. The number of hydrogen-bond donors (Lipinski definition) is 0. The minimum Gasteiger partial charge on any atom is -0.297 e. The van der Waals surface area contributed by atoms with Gasteiger partial charge in [0, 0.05) is 30.1 Å². The van der Waals surface area contributed by atoms with Crippen LogP contribution in [0.15, 0.2) is 28.3 Å². The lowest BCUT2D eigenvalue weighted by Crippen LogP contribution is -2.54. The molecule has 2 heterocycles. The number of allylic oxidation sites excluding steroid dienone is 2. The van der Waals surface area contributed by atoms with Gasteiger partial charge in [0.1, 0.15) is 0 Å². The van der Waals surface area contributed by atoms with E-state index in [-0.39, 0.29) is 5.54 Å². The lowest BCUT2D eigenvalue weighted by molar-refractivity contribution is 0.0566. The van der Waals surface area contributed by atoms with Gasteiger partial charge in [0.05, 0.1) is 6.04 Å². The van der Waals surface area contributed by atoms with Crippen LogP contribution in [0.25, 0.3) is 0 Å². The summed E-state index contributed by atoms with van der Waals surface area (Å²) in [6.07, 6.45) is 8.39. The van der Waals surface area contributed by atoms with Gasteiger partial charge in [-0.3, -0.25) is 9.89 Å². The highest BCUT2D eigenvalue weighted by Crippen LogP contribution is 2.50. The molecular weight excluding hydrogens is 244 g/mol. The maximum atomic E-state index is 5.21. The highest BCUT2D eigenvalue weighted by Gasteiger charge is 2.50. The van der Waals surface area contributed by atoms with Crippen LogP contribution in [-0.4, -0.2) is 35.8 Å². The largest absolute Gasteiger partial charge is 0.297 e. The molecule has 1 saturated carbocycles. The first kappa shape index (κ1) is 12.8. The van der Waals surface area contributed by atoms with E-state index in [0.29, 0.717) is 12.0 Å². The molecule has 2 aliphatic heterocycles. The smallest absolute Gasteiger partial charge is 0.0574 e. The standard InChI is InChI=1S/C18H26N2/c1-11-15-8-14-10-18(3)12(2)17(11)19-16(15)9-13(14)6-5-7-20(18)4/h5-6,11-12,15,17H,7-10H2,1-4H3. The highest BCUT2D eigenvalue weighted by atomic mass is 15.2. The molecule has 4 aliphatic rings. The van der Waals surface area contributed by atoms with E-state index in [4.69, 9.17) is 4.99 Å². The Bertz CT molecular complexity index is 542. The van der Waals surface area contributed by atoms with E-state index in [1.165, 1.54) is 18.6 Å². The summed E-state index contributed by atoms with van der Waals surface area (Å²) in [5.41, 5.74) is 5.06. The lowest BCUT2D eigenvalue weighted by Gasteiger charge is -2.49. The second-order valence-electron chi connectivity index (χ2n) is 7.69. The van der Waals surface area contributed by atoms with Crippen molar-refractivity contribution in [1.82, 2.24) is 4.90 Å². The van der Waals surface area contributed by atoms with Crippen molar-refractivity contribution in [2.24, 2.45) is 22.7 Å². The van der Waals surface area contributed by atoms with Gasteiger partial charge in [-0.1, -0.05) is 31.6 Å². The molecule has 2 heteroatoms. The summed E-state index contributed by atoms with van der Waals surface area (Å²) in [7, 11) is 2.30. The molecule has 5 unspecified atom stereocenters. The van der Waals surface area contributed by atoms with Crippen LogP contribution in [0, 0.1) is 17.8 Å². The SMILES string of the molecule is CC1C2CC3=C4C=CCN(C)C(C)(C3)C(C)C1N=C2C4. The zero-order chi connectivity index (χ0) is 14.1. The topological polar surface area (TPSA) is 15.6 Å². The van der Waals surface area contributed by atoms with Crippen molar-refractivity contribution in [3.05, 3.63) is 23.3 Å². The Morgan fingerprint density at radius 3 is 2.95 bits per heavy atom. The monoisotopic (exact) mass is 270 g/mol. The molecule has 20 heavy (non-hydrogen) atoms. The number of nitrogens with zero attached hydrogens (tertiary/aromatic N) is 2. The van der Waals surface area contributed by atoms with E-state index < -0.39 is 0 Å². The predicted octanol–water partition coefficient (Wildman–Crippen LogP) is 3.45. The Morgan fingerprint density at radius 2 is 2.15 bits per heavy atom. The van der Waals surface area contributed by atoms with Gasteiger partial charge < -0.3 is 0 Å². The van der Waals surface area contributed by atoms with Crippen LogP contribution >= 0.6 is 0 Å². The molecule has 0 aromatic carbocycles. The predicted molar refractivity (Wildman–Crippen MR) is 84.1 cm³/mol.